The second kappa shape index (κ2) is 4.38. The second-order valence-corrected chi connectivity index (χ2v) is 5.58. The molecule has 1 aliphatic rings. The van der Waals surface area contributed by atoms with Crippen LogP contribution in [0, 0.1) is 5.41 Å². The van der Waals surface area contributed by atoms with Gasteiger partial charge in [-0.1, -0.05) is 18.2 Å². The highest BCUT2D eigenvalue weighted by molar-refractivity contribution is 5.77. The predicted molar refractivity (Wildman–Crippen MR) is 71.9 cm³/mol. The highest BCUT2D eigenvalue weighted by Crippen LogP contribution is 2.31. The molecule has 4 nitrogen and oxygen atoms in total. The summed E-state index contributed by atoms with van der Waals surface area (Å²) < 4.78 is 5.77. The lowest BCUT2D eigenvalue weighted by Gasteiger charge is -2.19. The highest BCUT2D eigenvalue weighted by atomic mass is 16.4. The van der Waals surface area contributed by atoms with Gasteiger partial charge in [0.2, 0.25) is 0 Å². The van der Waals surface area contributed by atoms with Crippen LogP contribution in [0.5, 0.6) is 0 Å². The fourth-order valence-corrected chi connectivity index (χ4v) is 2.70. The number of furan rings is 1. The van der Waals surface area contributed by atoms with Crippen LogP contribution in [0.2, 0.25) is 0 Å². The lowest BCUT2D eigenvalue weighted by molar-refractivity contribution is -0.147. The van der Waals surface area contributed by atoms with Crippen LogP contribution in [-0.2, 0) is 11.3 Å². The van der Waals surface area contributed by atoms with Crippen molar-refractivity contribution in [3.63, 3.8) is 0 Å². The van der Waals surface area contributed by atoms with Crippen LogP contribution in [0.4, 0.5) is 0 Å². The van der Waals surface area contributed by atoms with Crippen LogP contribution >= 0.6 is 0 Å². The Kier molecular flexibility index (Phi) is 2.82. The fraction of sp³-hybridized carbons (Fsp3) is 0.400. The van der Waals surface area contributed by atoms with Gasteiger partial charge >= 0.3 is 5.97 Å². The molecule has 100 valence electrons. The summed E-state index contributed by atoms with van der Waals surface area (Å²) in [4.78, 5) is 13.4. The van der Waals surface area contributed by atoms with Gasteiger partial charge in [-0.3, -0.25) is 9.69 Å². The van der Waals surface area contributed by atoms with Crippen LogP contribution in [0.25, 0.3) is 11.0 Å². The number of carboxylic acids is 1. The first-order valence-corrected chi connectivity index (χ1v) is 6.50. The van der Waals surface area contributed by atoms with Gasteiger partial charge in [-0.05, 0) is 32.0 Å². The molecule has 2 aromatic rings. The van der Waals surface area contributed by atoms with Gasteiger partial charge in [0, 0.05) is 11.9 Å². The summed E-state index contributed by atoms with van der Waals surface area (Å²) in [6.45, 7) is 3.88. The zero-order valence-corrected chi connectivity index (χ0v) is 10.9. The number of carboxylic acid groups (broad SMARTS) is 1. The van der Waals surface area contributed by atoms with E-state index in [1.165, 1.54) is 0 Å². The maximum atomic E-state index is 11.2. The number of hydrogen-bond acceptors (Lipinski definition) is 3. The summed E-state index contributed by atoms with van der Waals surface area (Å²) in [5.74, 6) is 0.190. The van der Waals surface area contributed by atoms with E-state index in [1.54, 1.807) is 0 Å². The molecular weight excluding hydrogens is 242 g/mol. The van der Waals surface area contributed by atoms with Crippen molar-refractivity contribution < 1.29 is 14.3 Å². The molecule has 2 heterocycles. The lowest BCUT2D eigenvalue weighted by Crippen LogP contribution is -2.31. The van der Waals surface area contributed by atoms with Gasteiger partial charge in [0.25, 0.3) is 0 Å². The molecule has 0 amide bonds. The SMILES string of the molecule is CC1(C(=O)O)CCN(Cc2cc3ccccc3o2)C1. The van der Waals surface area contributed by atoms with Gasteiger partial charge in [0.15, 0.2) is 0 Å². The zero-order chi connectivity index (χ0) is 13.5. The van der Waals surface area contributed by atoms with Crippen molar-refractivity contribution in [2.45, 2.75) is 19.9 Å². The summed E-state index contributed by atoms with van der Waals surface area (Å²) in [6.07, 6.45) is 0.697. The minimum absolute atomic E-state index is 0.583. The van der Waals surface area contributed by atoms with Crippen LogP contribution in [-0.4, -0.2) is 29.1 Å². The molecule has 4 heteroatoms. The average Bonchev–Trinajstić information content (AvgIpc) is 2.93. The standard InChI is InChI=1S/C15H17NO3/c1-15(14(17)18)6-7-16(10-15)9-12-8-11-4-2-3-5-13(11)19-12/h2-5,8H,6-7,9-10H2,1H3,(H,17,18). The Balaban J connectivity index is 1.74. The summed E-state index contributed by atoms with van der Waals surface area (Å²) in [6, 6.07) is 9.94. The molecule has 19 heavy (non-hydrogen) atoms. The molecule has 1 fully saturated rings. The average molecular weight is 259 g/mol. The van der Waals surface area contributed by atoms with Crippen molar-refractivity contribution in [1.29, 1.82) is 0 Å². The molecule has 0 spiro atoms. The van der Waals surface area contributed by atoms with Gasteiger partial charge < -0.3 is 9.52 Å². The van der Waals surface area contributed by atoms with Gasteiger partial charge in [-0.25, -0.2) is 0 Å². The Hall–Kier alpha value is -1.81. The topological polar surface area (TPSA) is 53.7 Å². The first-order chi connectivity index (χ1) is 9.07. The van der Waals surface area contributed by atoms with Crippen molar-refractivity contribution >= 4 is 16.9 Å². The van der Waals surface area contributed by atoms with E-state index >= 15 is 0 Å². The van der Waals surface area contributed by atoms with Gasteiger partial charge in [-0.15, -0.1) is 0 Å². The first kappa shape index (κ1) is 12.2. The third-order valence-corrected chi connectivity index (χ3v) is 3.92. The lowest BCUT2D eigenvalue weighted by atomic mass is 9.90. The van der Waals surface area contributed by atoms with Crippen LogP contribution in [0.1, 0.15) is 19.1 Å². The van der Waals surface area contributed by atoms with Crippen molar-refractivity contribution in [2.75, 3.05) is 13.1 Å². The number of benzene rings is 1. The number of aliphatic carboxylic acids is 1. The van der Waals surface area contributed by atoms with E-state index in [0.29, 0.717) is 19.5 Å². The fourth-order valence-electron chi connectivity index (χ4n) is 2.70. The van der Waals surface area contributed by atoms with Crippen LogP contribution < -0.4 is 0 Å². The molecule has 0 aliphatic carbocycles. The first-order valence-electron chi connectivity index (χ1n) is 6.50. The third-order valence-electron chi connectivity index (χ3n) is 3.92. The molecule has 1 unspecified atom stereocenters. The third kappa shape index (κ3) is 2.24. The van der Waals surface area contributed by atoms with E-state index < -0.39 is 11.4 Å². The van der Waals surface area contributed by atoms with E-state index in [9.17, 15) is 9.90 Å². The monoisotopic (exact) mass is 259 g/mol. The molecular formula is C15H17NO3. The quantitative estimate of drug-likeness (QED) is 0.920. The molecule has 0 saturated carbocycles. The number of carbonyl (C=O) groups is 1. The van der Waals surface area contributed by atoms with Crippen LogP contribution in [0.15, 0.2) is 34.7 Å². The smallest absolute Gasteiger partial charge is 0.310 e. The summed E-state index contributed by atoms with van der Waals surface area (Å²) in [7, 11) is 0. The van der Waals surface area contributed by atoms with E-state index in [1.807, 2.05) is 37.3 Å². The number of para-hydroxylation sites is 1. The maximum absolute atomic E-state index is 11.2. The molecule has 3 rings (SSSR count). The van der Waals surface area contributed by atoms with Gasteiger partial charge in [0.1, 0.15) is 11.3 Å². The minimum Gasteiger partial charge on any atom is -0.481 e. The molecule has 0 bridgehead atoms. The largest absolute Gasteiger partial charge is 0.481 e. The molecule has 1 atom stereocenters. The number of hydrogen-bond donors (Lipinski definition) is 1. The number of rotatable bonds is 3. The molecule has 0 radical (unpaired) electrons. The molecule has 1 aromatic heterocycles. The Morgan fingerprint density at radius 3 is 2.95 bits per heavy atom. The number of likely N-dealkylation sites (tertiary alicyclic amines) is 1. The molecule has 1 aromatic carbocycles. The maximum Gasteiger partial charge on any atom is 0.310 e. The molecule has 1 saturated heterocycles. The second-order valence-electron chi connectivity index (χ2n) is 5.58. The van der Waals surface area contributed by atoms with Crippen molar-refractivity contribution in [1.82, 2.24) is 4.90 Å². The van der Waals surface area contributed by atoms with E-state index in [0.717, 1.165) is 23.3 Å². The summed E-state index contributed by atoms with van der Waals surface area (Å²) in [5, 5.41) is 10.3. The van der Waals surface area contributed by atoms with E-state index in [-0.39, 0.29) is 0 Å². The van der Waals surface area contributed by atoms with Crippen molar-refractivity contribution in [3.8, 4) is 0 Å². The minimum atomic E-state index is -0.709. The Morgan fingerprint density at radius 1 is 1.47 bits per heavy atom. The van der Waals surface area contributed by atoms with Crippen molar-refractivity contribution in [2.24, 2.45) is 5.41 Å². The predicted octanol–water partition coefficient (Wildman–Crippen LogP) is 2.73. The number of fused-ring (bicyclic) bond motifs is 1. The van der Waals surface area contributed by atoms with Gasteiger partial charge in [-0.2, -0.15) is 0 Å². The summed E-state index contributed by atoms with van der Waals surface area (Å²) >= 11 is 0. The normalized spacial score (nSPS) is 24.1. The van der Waals surface area contributed by atoms with E-state index in [2.05, 4.69) is 4.90 Å². The van der Waals surface area contributed by atoms with E-state index in [4.69, 9.17) is 4.42 Å². The van der Waals surface area contributed by atoms with Crippen molar-refractivity contribution in [3.05, 3.63) is 36.1 Å². The highest BCUT2D eigenvalue weighted by Gasteiger charge is 2.40. The number of nitrogens with zero attached hydrogens (tertiary/aromatic N) is 1. The van der Waals surface area contributed by atoms with Gasteiger partial charge in [0.05, 0.1) is 12.0 Å². The summed E-state index contributed by atoms with van der Waals surface area (Å²) in [5.41, 5.74) is 0.268. The molecule has 1 aliphatic heterocycles. The Bertz CT molecular complexity index is 586. The zero-order valence-electron chi connectivity index (χ0n) is 10.9. The Morgan fingerprint density at radius 2 is 2.26 bits per heavy atom. The molecule has 1 N–H and O–H groups in total. The van der Waals surface area contributed by atoms with Crippen LogP contribution in [0.3, 0.4) is 0 Å². The Labute approximate surface area is 111 Å².